The molecule has 3 heteroatoms. The van der Waals surface area contributed by atoms with E-state index in [4.69, 9.17) is 21.6 Å². The summed E-state index contributed by atoms with van der Waals surface area (Å²) >= 11 is 6.18. The molecule has 0 saturated heterocycles. The average molecular weight is 545 g/mol. The van der Waals surface area contributed by atoms with Gasteiger partial charge in [0.15, 0.2) is 5.82 Å². The summed E-state index contributed by atoms with van der Waals surface area (Å²) in [4.78, 5) is 10.1. The lowest BCUT2D eigenvalue weighted by Crippen LogP contribution is -1.96. The van der Waals surface area contributed by atoms with Crippen molar-refractivity contribution in [2.45, 2.75) is 0 Å². The van der Waals surface area contributed by atoms with Crippen molar-refractivity contribution in [3.8, 4) is 56.2 Å². The van der Waals surface area contributed by atoms with Crippen LogP contribution in [0, 0.1) is 0 Å². The Morgan fingerprint density at radius 3 is 1.54 bits per heavy atom. The van der Waals surface area contributed by atoms with Crippen LogP contribution < -0.4 is 0 Å². The molecule has 41 heavy (non-hydrogen) atoms. The Labute approximate surface area is 244 Å². The summed E-state index contributed by atoms with van der Waals surface area (Å²) < 4.78 is 0. The number of aromatic nitrogens is 2. The van der Waals surface area contributed by atoms with Gasteiger partial charge in [0.05, 0.1) is 11.4 Å². The molecule has 1 heterocycles. The first-order chi connectivity index (χ1) is 20.2. The van der Waals surface area contributed by atoms with E-state index in [0.29, 0.717) is 5.82 Å². The standard InChI is InChI=1S/C38H25ClN2/c39-31-21-19-28(20-22-31)32-23-24-35(34-14-8-7-13-33(32)34)37-25-36(40-38(41-37)30-11-5-2-6-12-30)29-17-15-27(16-18-29)26-9-3-1-4-10-26/h1-25H. The van der Waals surface area contributed by atoms with E-state index in [0.717, 1.165) is 49.6 Å². The number of hydrogen-bond acceptors (Lipinski definition) is 2. The average Bonchev–Trinajstić information content (AvgIpc) is 3.05. The Morgan fingerprint density at radius 2 is 0.854 bits per heavy atom. The molecule has 0 atom stereocenters. The molecule has 0 bridgehead atoms. The second kappa shape index (κ2) is 10.8. The van der Waals surface area contributed by atoms with Crippen molar-refractivity contribution in [2.24, 2.45) is 0 Å². The molecule has 0 spiro atoms. The normalized spacial score (nSPS) is 11.0. The van der Waals surface area contributed by atoms with E-state index < -0.39 is 0 Å². The van der Waals surface area contributed by atoms with Crippen molar-refractivity contribution >= 4 is 22.4 Å². The fraction of sp³-hybridized carbons (Fsp3) is 0. The van der Waals surface area contributed by atoms with Gasteiger partial charge in [-0.15, -0.1) is 0 Å². The third-order valence-corrected chi connectivity index (χ3v) is 7.65. The summed E-state index contributed by atoms with van der Waals surface area (Å²) in [6.45, 7) is 0. The van der Waals surface area contributed by atoms with E-state index in [1.165, 1.54) is 16.5 Å². The molecule has 2 nitrogen and oxygen atoms in total. The van der Waals surface area contributed by atoms with Crippen molar-refractivity contribution in [2.75, 3.05) is 0 Å². The second-order valence-corrected chi connectivity index (χ2v) is 10.4. The van der Waals surface area contributed by atoms with Crippen molar-refractivity contribution in [3.63, 3.8) is 0 Å². The zero-order valence-corrected chi connectivity index (χ0v) is 23.0. The van der Waals surface area contributed by atoms with Crippen LogP contribution in [0.4, 0.5) is 0 Å². The predicted octanol–water partition coefficient (Wildman–Crippen LogP) is 10.6. The number of hydrogen-bond donors (Lipinski definition) is 0. The van der Waals surface area contributed by atoms with Gasteiger partial charge in [0.1, 0.15) is 0 Å². The number of benzene rings is 6. The van der Waals surface area contributed by atoms with Gasteiger partial charge < -0.3 is 0 Å². The van der Waals surface area contributed by atoms with E-state index in [9.17, 15) is 0 Å². The van der Waals surface area contributed by atoms with Crippen molar-refractivity contribution in [1.82, 2.24) is 9.97 Å². The first-order valence-electron chi connectivity index (χ1n) is 13.6. The van der Waals surface area contributed by atoms with Gasteiger partial charge >= 0.3 is 0 Å². The molecule has 0 N–H and O–H groups in total. The largest absolute Gasteiger partial charge is 0.228 e. The van der Waals surface area contributed by atoms with Gasteiger partial charge in [-0.3, -0.25) is 0 Å². The SMILES string of the molecule is Clc1ccc(-c2ccc(-c3cc(-c4ccc(-c5ccccc5)cc4)nc(-c4ccccc4)n3)c3ccccc23)cc1. The van der Waals surface area contributed by atoms with E-state index in [-0.39, 0.29) is 0 Å². The van der Waals surface area contributed by atoms with Gasteiger partial charge in [0.2, 0.25) is 0 Å². The lowest BCUT2D eigenvalue weighted by molar-refractivity contribution is 1.18. The molecule has 1 aromatic heterocycles. The molecule has 0 saturated carbocycles. The summed E-state index contributed by atoms with van der Waals surface area (Å²) in [5.74, 6) is 0.705. The summed E-state index contributed by atoms with van der Waals surface area (Å²) in [5, 5.41) is 3.04. The van der Waals surface area contributed by atoms with Crippen LogP contribution in [0.1, 0.15) is 0 Å². The maximum atomic E-state index is 6.18. The second-order valence-electron chi connectivity index (χ2n) is 9.98. The molecule has 194 valence electrons. The number of nitrogens with zero attached hydrogens (tertiary/aromatic N) is 2. The molecule has 0 aliphatic heterocycles. The number of halogens is 1. The Morgan fingerprint density at radius 1 is 0.366 bits per heavy atom. The molecular weight excluding hydrogens is 520 g/mol. The lowest BCUT2D eigenvalue weighted by atomic mass is 9.93. The molecule has 7 rings (SSSR count). The van der Waals surface area contributed by atoms with Gasteiger partial charge in [-0.25, -0.2) is 9.97 Å². The van der Waals surface area contributed by atoms with Crippen LogP contribution in [0.25, 0.3) is 66.9 Å². The maximum absolute atomic E-state index is 6.18. The molecule has 0 radical (unpaired) electrons. The Kier molecular flexibility index (Phi) is 6.60. The van der Waals surface area contributed by atoms with E-state index in [1.807, 2.05) is 36.4 Å². The quantitative estimate of drug-likeness (QED) is 0.215. The maximum Gasteiger partial charge on any atom is 0.160 e. The smallest absolute Gasteiger partial charge is 0.160 e. The van der Waals surface area contributed by atoms with Crippen molar-refractivity contribution in [3.05, 3.63) is 157 Å². The third kappa shape index (κ3) is 5.02. The molecule has 0 aliphatic rings. The predicted molar refractivity (Wildman–Crippen MR) is 172 cm³/mol. The molecule has 6 aromatic carbocycles. The zero-order chi connectivity index (χ0) is 27.6. The van der Waals surface area contributed by atoms with Crippen LogP contribution in [-0.2, 0) is 0 Å². The minimum absolute atomic E-state index is 0.705. The minimum atomic E-state index is 0.705. The van der Waals surface area contributed by atoms with E-state index in [2.05, 4.69) is 115 Å². The van der Waals surface area contributed by atoms with Gasteiger partial charge in [0, 0.05) is 21.7 Å². The monoisotopic (exact) mass is 544 g/mol. The van der Waals surface area contributed by atoms with Crippen LogP contribution in [0.5, 0.6) is 0 Å². The van der Waals surface area contributed by atoms with Gasteiger partial charge in [-0.1, -0.05) is 145 Å². The fourth-order valence-electron chi connectivity index (χ4n) is 5.32. The first-order valence-corrected chi connectivity index (χ1v) is 14.0. The van der Waals surface area contributed by atoms with Crippen molar-refractivity contribution in [1.29, 1.82) is 0 Å². The molecule has 0 fully saturated rings. The summed E-state index contributed by atoms with van der Waals surface area (Å²) in [7, 11) is 0. The molecule has 0 aliphatic carbocycles. The molecule has 0 unspecified atom stereocenters. The molecular formula is C38H25ClN2. The van der Waals surface area contributed by atoms with Gasteiger partial charge in [-0.2, -0.15) is 0 Å². The summed E-state index contributed by atoms with van der Waals surface area (Å²) in [5.41, 5.74) is 9.54. The fourth-order valence-corrected chi connectivity index (χ4v) is 5.44. The summed E-state index contributed by atoms with van der Waals surface area (Å²) in [6.07, 6.45) is 0. The summed E-state index contributed by atoms with van der Waals surface area (Å²) in [6, 6.07) is 52.2. The first kappa shape index (κ1) is 25.0. The van der Waals surface area contributed by atoms with E-state index >= 15 is 0 Å². The van der Waals surface area contributed by atoms with Gasteiger partial charge in [0.25, 0.3) is 0 Å². The highest BCUT2D eigenvalue weighted by Crippen LogP contribution is 2.37. The number of fused-ring (bicyclic) bond motifs is 1. The lowest BCUT2D eigenvalue weighted by Gasteiger charge is -2.14. The highest BCUT2D eigenvalue weighted by molar-refractivity contribution is 6.30. The highest BCUT2D eigenvalue weighted by Gasteiger charge is 2.15. The molecule has 0 amide bonds. The van der Waals surface area contributed by atoms with Crippen molar-refractivity contribution < 1.29 is 0 Å². The topological polar surface area (TPSA) is 25.8 Å². The van der Waals surface area contributed by atoms with Crippen LogP contribution in [0.3, 0.4) is 0 Å². The minimum Gasteiger partial charge on any atom is -0.228 e. The number of rotatable bonds is 5. The molecule has 7 aromatic rings. The Hall–Kier alpha value is -5.05. The zero-order valence-electron chi connectivity index (χ0n) is 22.2. The Bertz CT molecular complexity index is 1970. The van der Waals surface area contributed by atoms with E-state index in [1.54, 1.807) is 0 Å². The van der Waals surface area contributed by atoms with Crippen LogP contribution in [0.2, 0.25) is 5.02 Å². The Balaban J connectivity index is 1.39. The third-order valence-electron chi connectivity index (χ3n) is 7.40. The van der Waals surface area contributed by atoms with Gasteiger partial charge in [-0.05, 0) is 51.2 Å². The van der Waals surface area contributed by atoms with Crippen LogP contribution in [0.15, 0.2) is 152 Å². The van der Waals surface area contributed by atoms with Crippen LogP contribution >= 0.6 is 11.6 Å². The highest BCUT2D eigenvalue weighted by atomic mass is 35.5. The van der Waals surface area contributed by atoms with Crippen LogP contribution in [-0.4, -0.2) is 9.97 Å².